The number of amides is 1. The van der Waals surface area contributed by atoms with Gasteiger partial charge in [0.1, 0.15) is 5.75 Å². The number of benzene rings is 2. The molecule has 0 saturated carbocycles. The molecule has 0 aliphatic heterocycles. The number of hydrogen-bond acceptors (Lipinski definition) is 5. The van der Waals surface area contributed by atoms with Gasteiger partial charge in [0.05, 0.1) is 19.6 Å². The van der Waals surface area contributed by atoms with E-state index in [1.165, 1.54) is 11.0 Å². The largest absolute Gasteiger partial charge is 0.493 e. The molecule has 0 aromatic heterocycles. The van der Waals surface area contributed by atoms with Crippen LogP contribution in [0.1, 0.15) is 28.8 Å². The number of nitrogens with zero attached hydrogens (tertiary/aromatic N) is 1. The number of aliphatic carboxylic acids is 1. The number of carboxylic acids is 1. The minimum Gasteiger partial charge on any atom is -0.493 e. The van der Waals surface area contributed by atoms with Crippen molar-refractivity contribution in [3.63, 3.8) is 0 Å². The summed E-state index contributed by atoms with van der Waals surface area (Å²) in [5.41, 5.74) is 8.52. The third kappa shape index (κ3) is 8.93. The molecule has 0 heterocycles. The van der Waals surface area contributed by atoms with Gasteiger partial charge in [-0.2, -0.15) is 0 Å². The van der Waals surface area contributed by atoms with E-state index in [1.807, 2.05) is 30.3 Å². The Morgan fingerprint density at radius 2 is 1.90 bits per heavy atom. The first kappa shape index (κ1) is 24.0. The zero-order chi connectivity index (χ0) is 22.6. The first-order chi connectivity index (χ1) is 14.8. The standard InChI is InChI=1S/C21H25ClN4O5/c22-17-11-16(12-18(13-17)30-9-4-10-31-25-21(23)24)20(29)26(8-7-19(27)28)14-15-5-2-1-3-6-15/h1-3,5-6,11-13H,4,7-10,14H2,(H,27,28)(H4,23,24,25). The Bertz CT molecular complexity index is 895. The molecule has 1 amide bonds. The average molecular weight is 449 g/mol. The maximum absolute atomic E-state index is 13.1. The van der Waals surface area contributed by atoms with Gasteiger partial charge in [-0.05, 0) is 23.8 Å². The zero-order valence-electron chi connectivity index (χ0n) is 16.8. The first-order valence-corrected chi connectivity index (χ1v) is 9.93. The molecule has 2 aromatic carbocycles. The highest BCUT2D eigenvalue weighted by Crippen LogP contribution is 2.23. The molecule has 0 saturated heterocycles. The van der Waals surface area contributed by atoms with Crippen LogP contribution in [0.25, 0.3) is 0 Å². The molecule has 5 N–H and O–H groups in total. The smallest absolute Gasteiger partial charge is 0.305 e. The van der Waals surface area contributed by atoms with Gasteiger partial charge in [-0.25, -0.2) is 5.48 Å². The molecule has 166 valence electrons. The van der Waals surface area contributed by atoms with E-state index in [0.29, 0.717) is 29.4 Å². The van der Waals surface area contributed by atoms with Gasteiger partial charge in [-0.15, -0.1) is 0 Å². The quantitative estimate of drug-likeness (QED) is 0.169. The molecule has 31 heavy (non-hydrogen) atoms. The van der Waals surface area contributed by atoms with E-state index in [0.717, 1.165) is 5.56 Å². The van der Waals surface area contributed by atoms with Gasteiger partial charge in [-0.1, -0.05) is 41.9 Å². The highest BCUT2D eigenvalue weighted by atomic mass is 35.5. The summed E-state index contributed by atoms with van der Waals surface area (Å²) in [6.45, 7) is 0.897. The highest BCUT2D eigenvalue weighted by molar-refractivity contribution is 6.31. The maximum atomic E-state index is 13.1. The van der Waals surface area contributed by atoms with Crippen molar-refractivity contribution in [2.75, 3.05) is 19.8 Å². The highest BCUT2D eigenvalue weighted by Gasteiger charge is 2.19. The van der Waals surface area contributed by atoms with Gasteiger partial charge in [0.25, 0.3) is 5.91 Å². The number of carbonyl (C=O) groups is 2. The number of hydrogen-bond donors (Lipinski definition) is 4. The van der Waals surface area contributed by atoms with Crippen LogP contribution in [0.2, 0.25) is 5.02 Å². The molecule has 0 spiro atoms. The second-order valence-corrected chi connectivity index (χ2v) is 7.03. The van der Waals surface area contributed by atoms with Gasteiger partial charge in [0.15, 0.2) is 0 Å². The predicted octanol–water partition coefficient (Wildman–Crippen LogP) is 2.64. The van der Waals surface area contributed by atoms with Crippen LogP contribution < -0.4 is 16.0 Å². The number of guanidine groups is 1. The molecule has 0 fully saturated rings. The van der Waals surface area contributed by atoms with Crippen LogP contribution >= 0.6 is 11.6 Å². The van der Waals surface area contributed by atoms with Crippen molar-refractivity contribution < 1.29 is 24.3 Å². The molecular weight excluding hydrogens is 424 g/mol. The summed E-state index contributed by atoms with van der Waals surface area (Å²) in [5.74, 6) is -1.20. The van der Waals surface area contributed by atoms with E-state index >= 15 is 0 Å². The van der Waals surface area contributed by atoms with Crippen LogP contribution in [0.15, 0.2) is 48.5 Å². The lowest BCUT2D eigenvalue weighted by atomic mass is 10.1. The number of halogens is 1. The third-order valence-electron chi connectivity index (χ3n) is 4.06. The number of ether oxygens (including phenoxy) is 1. The van der Waals surface area contributed by atoms with Crippen LogP contribution in [0, 0.1) is 5.41 Å². The van der Waals surface area contributed by atoms with Gasteiger partial charge in [0.2, 0.25) is 5.96 Å². The minimum absolute atomic E-state index is 0.0618. The average Bonchev–Trinajstić information content (AvgIpc) is 2.73. The number of nitrogens with one attached hydrogen (secondary N) is 2. The number of nitrogens with two attached hydrogens (primary N) is 1. The summed E-state index contributed by atoms with van der Waals surface area (Å²) >= 11 is 6.17. The Labute approximate surface area is 185 Å². The summed E-state index contributed by atoms with van der Waals surface area (Å²) in [6.07, 6.45) is 0.339. The van der Waals surface area contributed by atoms with Crippen molar-refractivity contribution in [3.05, 3.63) is 64.7 Å². The van der Waals surface area contributed by atoms with Crippen molar-refractivity contribution in [1.29, 1.82) is 5.41 Å². The maximum Gasteiger partial charge on any atom is 0.305 e. The number of carbonyl (C=O) groups excluding carboxylic acids is 1. The fourth-order valence-corrected chi connectivity index (χ4v) is 2.91. The SMILES string of the molecule is N=C(N)NOCCCOc1cc(Cl)cc(C(=O)N(CCC(=O)O)Cc2ccccc2)c1. The van der Waals surface area contributed by atoms with Gasteiger partial charge in [0, 0.05) is 30.1 Å². The number of carboxylic acid groups (broad SMARTS) is 1. The van der Waals surface area contributed by atoms with E-state index in [4.69, 9.17) is 37.4 Å². The summed E-state index contributed by atoms with van der Waals surface area (Å²) in [5, 5.41) is 16.4. The lowest BCUT2D eigenvalue weighted by molar-refractivity contribution is -0.137. The Balaban J connectivity index is 2.05. The number of rotatable bonds is 12. The van der Waals surface area contributed by atoms with Crippen LogP contribution in [-0.4, -0.2) is 47.6 Å². The second-order valence-electron chi connectivity index (χ2n) is 6.60. The zero-order valence-corrected chi connectivity index (χ0v) is 17.6. The van der Waals surface area contributed by atoms with E-state index in [-0.39, 0.29) is 38.0 Å². The molecule has 2 rings (SSSR count). The van der Waals surface area contributed by atoms with Gasteiger partial charge >= 0.3 is 5.97 Å². The van der Waals surface area contributed by atoms with E-state index < -0.39 is 5.97 Å². The van der Waals surface area contributed by atoms with Gasteiger partial charge in [-0.3, -0.25) is 19.8 Å². The topological polar surface area (TPSA) is 138 Å². The second kappa shape index (κ2) is 12.4. The summed E-state index contributed by atoms with van der Waals surface area (Å²) < 4.78 is 5.64. The minimum atomic E-state index is -0.984. The van der Waals surface area contributed by atoms with Crippen molar-refractivity contribution in [3.8, 4) is 5.75 Å². The monoisotopic (exact) mass is 448 g/mol. The van der Waals surface area contributed by atoms with Crippen molar-refractivity contribution in [2.24, 2.45) is 5.73 Å². The van der Waals surface area contributed by atoms with Crippen molar-refractivity contribution in [1.82, 2.24) is 10.4 Å². The van der Waals surface area contributed by atoms with Crippen molar-refractivity contribution in [2.45, 2.75) is 19.4 Å². The van der Waals surface area contributed by atoms with E-state index in [1.54, 1.807) is 12.1 Å². The molecule has 2 aromatic rings. The summed E-state index contributed by atoms with van der Waals surface area (Å²) in [4.78, 5) is 30.6. The molecule has 0 bridgehead atoms. The van der Waals surface area contributed by atoms with Crippen LogP contribution in [-0.2, 0) is 16.2 Å². The van der Waals surface area contributed by atoms with Gasteiger partial charge < -0.3 is 20.5 Å². The molecule has 10 heteroatoms. The Morgan fingerprint density at radius 3 is 2.58 bits per heavy atom. The number of hydroxylamine groups is 1. The lowest BCUT2D eigenvalue weighted by Gasteiger charge is -2.23. The van der Waals surface area contributed by atoms with Crippen LogP contribution in [0.5, 0.6) is 5.75 Å². The lowest BCUT2D eigenvalue weighted by Crippen LogP contribution is -2.32. The first-order valence-electron chi connectivity index (χ1n) is 9.55. The fraction of sp³-hybridized carbons (Fsp3) is 0.286. The van der Waals surface area contributed by atoms with E-state index in [2.05, 4.69) is 5.48 Å². The predicted molar refractivity (Wildman–Crippen MR) is 116 cm³/mol. The van der Waals surface area contributed by atoms with Crippen LogP contribution in [0.4, 0.5) is 0 Å². The molecule has 0 atom stereocenters. The molecule has 0 unspecified atom stereocenters. The Hall–Kier alpha value is -3.30. The molecule has 9 nitrogen and oxygen atoms in total. The van der Waals surface area contributed by atoms with E-state index in [9.17, 15) is 9.59 Å². The molecule has 0 radical (unpaired) electrons. The normalized spacial score (nSPS) is 10.4. The summed E-state index contributed by atoms with van der Waals surface area (Å²) in [6, 6.07) is 14.0. The molecule has 0 aliphatic carbocycles. The summed E-state index contributed by atoms with van der Waals surface area (Å²) in [7, 11) is 0. The molecule has 0 aliphatic rings. The fourth-order valence-electron chi connectivity index (χ4n) is 2.69. The van der Waals surface area contributed by atoms with Crippen LogP contribution in [0.3, 0.4) is 0 Å². The van der Waals surface area contributed by atoms with Crippen molar-refractivity contribution >= 4 is 29.4 Å². The Morgan fingerprint density at radius 1 is 1.16 bits per heavy atom. The molecular formula is C21H25ClN4O5. The Kier molecular flexibility index (Phi) is 9.60. The third-order valence-corrected chi connectivity index (χ3v) is 4.28.